The van der Waals surface area contributed by atoms with Gasteiger partial charge in [-0.1, -0.05) is 11.3 Å². The molecular weight excluding hydrogens is 304 g/mol. The lowest BCUT2D eigenvalue weighted by Gasteiger charge is -2.01. The van der Waals surface area contributed by atoms with Crippen molar-refractivity contribution in [3.8, 4) is 0 Å². The smallest absolute Gasteiger partial charge is 0.269 e. The minimum absolute atomic E-state index is 0.00306. The molecule has 0 amide bonds. The van der Waals surface area contributed by atoms with Crippen LogP contribution < -0.4 is 10.4 Å². The van der Waals surface area contributed by atoms with Crippen molar-refractivity contribution >= 4 is 32.9 Å². The van der Waals surface area contributed by atoms with E-state index in [9.17, 15) is 14.9 Å². The molecule has 0 bridgehead atoms. The van der Waals surface area contributed by atoms with Gasteiger partial charge in [-0.15, -0.1) is 0 Å². The minimum atomic E-state index is -0.470. The largest absolute Gasteiger partial charge is 0.287 e. The molecule has 0 radical (unpaired) electrons. The first-order valence-corrected chi connectivity index (χ1v) is 7.12. The van der Waals surface area contributed by atoms with E-state index in [2.05, 4.69) is 9.98 Å². The third-order valence-corrected chi connectivity index (χ3v) is 4.13. The Balaban J connectivity index is 2.19. The summed E-state index contributed by atoms with van der Waals surface area (Å²) in [6.45, 7) is 0. The monoisotopic (exact) mass is 314 g/mol. The van der Waals surface area contributed by atoms with Crippen LogP contribution in [0.1, 0.15) is 0 Å². The van der Waals surface area contributed by atoms with E-state index in [1.807, 2.05) is 0 Å². The van der Waals surface area contributed by atoms with Crippen molar-refractivity contribution in [3.05, 3.63) is 67.9 Å². The van der Waals surface area contributed by atoms with E-state index in [1.165, 1.54) is 40.2 Å². The summed E-state index contributed by atoms with van der Waals surface area (Å²) in [5.74, 6) is 0. The van der Waals surface area contributed by atoms with E-state index >= 15 is 0 Å². The number of rotatable bonds is 2. The fourth-order valence-electron chi connectivity index (χ4n) is 1.91. The maximum absolute atomic E-state index is 12.3. The van der Waals surface area contributed by atoms with Crippen LogP contribution in [0.5, 0.6) is 0 Å². The summed E-state index contributed by atoms with van der Waals surface area (Å²) in [5.41, 5.74) is 0.353. The van der Waals surface area contributed by atoms with Crippen molar-refractivity contribution in [2.45, 2.75) is 0 Å². The first-order valence-electron chi connectivity index (χ1n) is 6.30. The molecule has 1 aromatic carbocycles. The lowest BCUT2D eigenvalue weighted by molar-refractivity contribution is -0.384. The SMILES string of the molecule is Cn1c(=Nc2ccc([N+](=O)[O-])cc2)sc2ncccc2c1=O. The quantitative estimate of drug-likeness (QED) is 0.535. The molecule has 2 aromatic heterocycles. The van der Waals surface area contributed by atoms with Crippen LogP contribution in [0.2, 0.25) is 0 Å². The number of pyridine rings is 1. The number of nitro benzene ring substituents is 1. The fourth-order valence-corrected chi connectivity index (χ4v) is 2.84. The van der Waals surface area contributed by atoms with Crippen LogP contribution in [0.3, 0.4) is 0 Å². The standard InChI is InChI=1S/C14H10N4O3S/c1-17-13(19)11-3-2-8-15-12(11)22-14(17)16-9-4-6-10(7-5-9)18(20)21/h2-8H,1H3. The first-order chi connectivity index (χ1) is 10.6. The molecule has 0 aliphatic rings. The van der Waals surface area contributed by atoms with Gasteiger partial charge in [0.1, 0.15) is 4.83 Å². The zero-order valence-electron chi connectivity index (χ0n) is 11.5. The minimum Gasteiger partial charge on any atom is -0.287 e. The highest BCUT2D eigenvalue weighted by Gasteiger charge is 2.06. The second kappa shape index (κ2) is 5.49. The predicted molar refractivity (Wildman–Crippen MR) is 83.2 cm³/mol. The molecule has 7 nitrogen and oxygen atoms in total. The molecule has 0 fully saturated rings. The van der Waals surface area contributed by atoms with Gasteiger partial charge >= 0.3 is 0 Å². The Morgan fingerprint density at radius 3 is 2.68 bits per heavy atom. The van der Waals surface area contributed by atoms with Gasteiger partial charge in [0.05, 0.1) is 16.0 Å². The topological polar surface area (TPSA) is 90.4 Å². The normalized spacial score (nSPS) is 11.8. The van der Waals surface area contributed by atoms with Gasteiger partial charge in [0.25, 0.3) is 11.2 Å². The molecule has 3 aromatic rings. The molecule has 8 heteroatoms. The summed E-state index contributed by atoms with van der Waals surface area (Å²) in [7, 11) is 1.63. The van der Waals surface area contributed by atoms with Crippen LogP contribution >= 0.6 is 11.3 Å². The number of benzene rings is 1. The summed E-state index contributed by atoms with van der Waals surface area (Å²) >= 11 is 1.28. The number of non-ortho nitro benzene ring substituents is 1. The van der Waals surface area contributed by atoms with Crippen molar-refractivity contribution in [2.75, 3.05) is 0 Å². The van der Waals surface area contributed by atoms with Gasteiger partial charge in [-0.2, -0.15) is 0 Å². The number of aromatic nitrogens is 2. The summed E-state index contributed by atoms with van der Waals surface area (Å²) in [4.78, 5) is 32.1. The zero-order chi connectivity index (χ0) is 15.7. The summed E-state index contributed by atoms with van der Waals surface area (Å²) in [5, 5.41) is 11.2. The van der Waals surface area contributed by atoms with Gasteiger partial charge in [-0.05, 0) is 24.3 Å². The maximum Gasteiger partial charge on any atom is 0.269 e. The highest BCUT2D eigenvalue weighted by atomic mass is 32.1. The number of hydrogen-bond acceptors (Lipinski definition) is 6. The molecule has 3 rings (SSSR count). The van der Waals surface area contributed by atoms with Gasteiger partial charge in [0.15, 0.2) is 4.80 Å². The van der Waals surface area contributed by atoms with Gasteiger partial charge in [0, 0.05) is 25.4 Å². The van der Waals surface area contributed by atoms with Crippen LogP contribution in [0.15, 0.2) is 52.4 Å². The molecular formula is C14H10N4O3S. The number of nitro groups is 1. The number of hydrogen-bond donors (Lipinski definition) is 0. The lowest BCUT2D eigenvalue weighted by Crippen LogP contribution is -2.28. The maximum atomic E-state index is 12.3. The van der Waals surface area contributed by atoms with Crippen molar-refractivity contribution < 1.29 is 4.92 Å². The van der Waals surface area contributed by atoms with Crippen LogP contribution in [0, 0.1) is 10.1 Å². The summed E-state index contributed by atoms with van der Waals surface area (Å²) in [6.07, 6.45) is 1.62. The van der Waals surface area contributed by atoms with Gasteiger partial charge in [0.2, 0.25) is 0 Å². The van der Waals surface area contributed by atoms with Gasteiger partial charge < -0.3 is 0 Å². The molecule has 0 aliphatic heterocycles. The Kier molecular flexibility index (Phi) is 3.51. The Hall–Kier alpha value is -2.87. The molecule has 0 spiro atoms. The van der Waals surface area contributed by atoms with Gasteiger partial charge in [-0.3, -0.25) is 19.5 Å². The van der Waals surface area contributed by atoms with E-state index in [0.717, 1.165) is 0 Å². The molecule has 2 heterocycles. The van der Waals surface area contributed by atoms with Gasteiger partial charge in [-0.25, -0.2) is 9.98 Å². The number of nitrogens with zero attached hydrogens (tertiary/aromatic N) is 4. The van der Waals surface area contributed by atoms with E-state index in [1.54, 1.807) is 25.4 Å². The highest BCUT2D eigenvalue weighted by molar-refractivity contribution is 7.15. The van der Waals surface area contributed by atoms with Crippen LogP contribution in [0.25, 0.3) is 10.2 Å². The average molecular weight is 314 g/mol. The van der Waals surface area contributed by atoms with E-state index in [4.69, 9.17) is 0 Å². The van der Waals surface area contributed by atoms with Crippen LogP contribution in [-0.4, -0.2) is 14.5 Å². The van der Waals surface area contributed by atoms with E-state index in [-0.39, 0.29) is 11.2 Å². The summed E-state index contributed by atoms with van der Waals surface area (Å²) < 4.78 is 1.44. The Morgan fingerprint density at radius 1 is 1.27 bits per heavy atom. The zero-order valence-corrected chi connectivity index (χ0v) is 12.3. The van der Waals surface area contributed by atoms with E-state index < -0.39 is 4.92 Å². The third kappa shape index (κ3) is 2.51. The fraction of sp³-hybridized carbons (Fsp3) is 0.0714. The van der Waals surface area contributed by atoms with Crippen molar-refractivity contribution in [2.24, 2.45) is 12.0 Å². The second-order valence-electron chi connectivity index (χ2n) is 4.49. The third-order valence-electron chi connectivity index (χ3n) is 3.07. The lowest BCUT2D eigenvalue weighted by atomic mass is 10.3. The molecule has 0 aliphatic carbocycles. The van der Waals surface area contributed by atoms with Crippen LogP contribution in [-0.2, 0) is 7.05 Å². The molecule has 0 saturated heterocycles. The van der Waals surface area contributed by atoms with Crippen LogP contribution in [0.4, 0.5) is 11.4 Å². The molecule has 22 heavy (non-hydrogen) atoms. The second-order valence-corrected chi connectivity index (χ2v) is 5.45. The van der Waals surface area contributed by atoms with Crippen molar-refractivity contribution in [3.63, 3.8) is 0 Å². The molecule has 110 valence electrons. The van der Waals surface area contributed by atoms with Crippen molar-refractivity contribution in [1.82, 2.24) is 9.55 Å². The first kappa shape index (κ1) is 14.1. The molecule has 0 N–H and O–H groups in total. The highest BCUT2D eigenvalue weighted by Crippen LogP contribution is 2.17. The predicted octanol–water partition coefficient (Wildman–Crippen LogP) is 2.14. The Labute approximate surface area is 128 Å². The number of fused-ring (bicyclic) bond motifs is 1. The molecule has 0 atom stereocenters. The van der Waals surface area contributed by atoms with E-state index in [0.29, 0.717) is 20.7 Å². The van der Waals surface area contributed by atoms with Crippen molar-refractivity contribution in [1.29, 1.82) is 0 Å². The Bertz CT molecular complexity index is 989. The Morgan fingerprint density at radius 2 is 2.00 bits per heavy atom. The molecule has 0 saturated carbocycles. The summed E-state index contributed by atoms with van der Waals surface area (Å²) in [6, 6.07) is 9.26. The molecule has 0 unspecified atom stereocenters. The average Bonchev–Trinajstić information content (AvgIpc) is 2.53.